The van der Waals surface area contributed by atoms with E-state index >= 15 is 0 Å². The Kier molecular flexibility index (Phi) is 6.05. The van der Waals surface area contributed by atoms with Gasteiger partial charge in [-0.2, -0.15) is 8.78 Å². The summed E-state index contributed by atoms with van der Waals surface area (Å²) in [6.45, 7) is 7.92. The van der Waals surface area contributed by atoms with Gasteiger partial charge in [0.1, 0.15) is 0 Å². The number of halogens is 2. The predicted molar refractivity (Wildman–Crippen MR) is 131 cm³/mol. The number of rotatable bonds is 4. The van der Waals surface area contributed by atoms with Gasteiger partial charge in [0, 0.05) is 0 Å². The molecule has 0 aromatic heterocycles. The second-order valence-electron chi connectivity index (χ2n) is 8.47. The molecule has 4 aromatic rings. The average molecular weight is 425 g/mol. The molecule has 0 atom stereocenters. The molecule has 2 heteroatoms. The molecule has 0 saturated heterocycles. The third-order valence-electron chi connectivity index (χ3n) is 5.80. The lowest BCUT2D eigenvalue weighted by atomic mass is 9.85. The van der Waals surface area contributed by atoms with Crippen molar-refractivity contribution in [3.63, 3.8) is 0 Å². The van der Waals surface area contributed by atoms with Crippen LogP contribution in [-0.2, 0) is 0 Å². The first kappa shape index (κ1) is 21.7. The van der Waals surface area contributed by atoms with Gasteiger partial charge in [-0.3, -0.25) is 0 Å². The zero-order valence-corrected chi connectivity index (χ0v) is 18.8. The second kappa shape index (κ2) is 8.92. The molecule has 0 spiro atoms. The minimum Gasteiger partial charge on any atom is -0.173 e. The van der Waals surface area contributed by atoms with Gasteiger partial charge in [-0.05, 0) is 61.1 Å². The van der Waals surface area contributed by atoms with Crippen LogP contribution in [-0.4, -0.2) is 0 Å². The Bertz CT molecular complexity index is 1190. The van der Waals surface area contributed by atoms with Gasteiger partial charge >= 0.3 is 0 Å². The quantitative estimate of drug-likeness (QED) is 0.307. The van der Waals surface area contributed by atoms with E-state index in [1.54, 1.807) is 0 Å². The summed E-state index contributed by atoms with van der Waals surface area (Å²) in [4.78, 5) is 0. The van der Waals surface area contributed by atoms with E-state index in [1.165, 1.54) is 0 Å². The number of benzene rings is 4. The highest BCUT2D eigenvalue weighted by atomic mass is 19.3. The van der Waals surface area contributed by atoms with Gasteiger partial charge in [0.15, 0.2) is 0 Å². The molecule has 0 bridgehead atoms. The molecule has 4 aromatic carbocycles. The first-order valence-corrected chi connectivity index (χ1v) is 10.7. The van der Waals surface area contributed by atoms with Crippen LogP contribution in [0.15, 0.2) is 91.0 Å². The summed E-state index contributed by atoms with van der Waals surface area (Å²) >= 11 is 0. The van der Waals surface area contributed by atoms with Gasteiger partial charge < -0.3 is 0 Å². The largest absolute Gasteiger partial charge is 0.278 e. The maximum Gasteiger partial charge on any atom is 0.278 e. The van der Waals surface area contributed by atoms with Crippen LogP contribution in [0.4, 0.5) is 8.78 Å². The van der Waals surface area contributed by atoms with Gasteiger partial charge in [0.05, 0.1) is 5.57 Å². The lowest BCUT2D eigenvalue weighted by Gasteiger charge is -2.18. The third-order valence-corrected chi connectivity index (χ3v) is 5.80. The third kappa shape index (κ3) is 4.40. The van der Waals surface area contributed by atoms with Crippen LogP contribution < -0.4 is 0 Å². The van der Waals surface area contributed by atoms with Crippen LogP contribution in [0.25, 0.3) is 27.8 Å². The molecular formula is C30H26F2. The zero-order chi connectivity index (χ0) is 22.8. The predicted octanol–water partition coefficient (Wildman–Crippen LogP) is 8.91. The second-order valence-corrected chi connectivity index (χ2v) is 8.47. The fourth-order valence-electron chi connectivity index (χ4n) is 4.05. The Balaban J connectivity index is 1.99. The standard InChI is InChI=1S/C30H26F2/c1-19-5-11-23(12-6-19)25-15-9-21(3)17-27(25)29(30(31)32)28-18-22(4)10-16-26(28)24-13-7-20(2)8-14-24/h5-18H,1-4H3. The first-order valence-electron chi connectivity index (χ1n) is 10.7. The van der Waals surface area contributed by atoms with Crippen molar-refractivity contribution in [2.24, 2.45) is 0 Å². The van der Waals surface area contributed by atoms with Crippen LogP contribution in [0.2, 0.25) is 0 Å². The number of hydrogen-bond acceptors (Lipinski definition) is 0. The van der Waals surface area contributed by atoms with E-state index < -0.39 is 6.08 Å². The minimum atomic E-state index is -1.68. The molecule has 32 heavy (non-hydrogen) atoms. The van der Waals surface area contributed by atoms with Gasteiger partial charge in [-0.15, -0.1) is 0 Å². The summed E-state index contributed by atoms with van der Waals surface area (Å²) in [5.41, 5.74) is 8.69. The molecule has 0 N–H and O–H groups in total. The Morgan fingerprint density at radius 1 is 0.469 bits per heavy atom. The molecule has 0 nitrogen and oxygen atoms in total. The van der Waals surface area contributed by atoms with Gasteiger partial charge in [0.25, 0.3) is 6.08 Å². The monoisotopic (exact) mass is 424 g/mol. The van der Waals surface area contributed by atoms with E-state index in [0.29, 0.717) is 11.1 Å². The van der Waals surface area contributed by atoms with Crippen molar-refractivity contribution in [2.75, 3.05) is 0 Å². The molecule has 4 rings (SSSR count). The molecule has 0 radical (unpaired) electrons. The molecule has 0 heterocycles. The van der Waals surface area contributed by atoms with E-state index in [0.717, 1.165) is 44.5 Å². The lowest BCUT2D eigenvalue weighted by molar-refractivity contribution is 0.426. The van der Waals surface area contributed by atoms with Crippen LogP contribution >= 0.6 is 0 Å². The SMILES string of the molecule is Cc1ccc(-c2ccc(C)cc2C(=C(F)F)c2cc(C)ccc2-c2ccc(C)cc2)cc1. The molecule has 0 amide bonds. The van der Waals surface area contributed by atoms with E-state index in [9.17, 15) is 8.78 Å². The fraction of sp³-hybridized carbons (Fsp3) is 0.133. The average Bonchev–Trinajstić information content (AvgIpc) is 2.76. The molecule has 0 aliphatic heterocycles. The summed E-state index contributed by atoms with van der Waals surface area (Å²) in [5, 5.41) is 0. The van der Waals surface area contributed by atoms with E-state index in [-0.39, 0.29) is 5.57 Å². The summed E-state index contributed by atoms with van der Waals surface area (Å²) < 4.78 is 29.5. The lowest BCUT2D eigenvalue weighted by Crippen LogP contribution is -1.98. The van der Waals surface area contributed by atoms with Gasteiger partial charge in [0.2, 0.25) is 0 Å². The van der Waals surface area contributed by atoms with E-state index in [1.807, 2.05) is 113 Å². The summed E-state index contributed by atoms with van der Waals surface area (Å²) in [6, 6.07) is 27.6. The van der Waals surface area contributed by atoms with Crippen molar-refractivity contribution in [2.45, 2.75) is 27.7 Å². The van der Waals surface area contributed by atoms with Crippen molar-refractivity contribution in [1.82, 2.24) is 0 Å². The van der Waals surface area contributed by atoms with Crippen molar-refractivity contribution in [3.8, 4) is 22.3 Å². The topological polar surface area (TPSA) is 0 Å². The van der Waals surface area contributed by atoms with Gasteiger partial charge in [-0.1, -0.05) is 107 Å². The van der Waals surface area contributed by atoms with E-state index in [2.05, 4.69) is 0 Å². The van der Waals surface area contributed by atoms with Crippen molar-refractivity contribution >= 4 is 5.57 Å². The Labute approximate surface area is 188 Å². The van der Waals surface area contributed by atoms with Gasteiger partial charge in [-0.25, -0.2) is 0 Å². The van der Waals surface area contributed by atoms with Crippen LogP contribution in [0, 0.1) is 27.7 Å². The van der Waals surface area contributed by atoms with Crippen LogP contribution in [0.1, 0.15) is 33.4 Å². The zero-order valence-electron chi connectivity index (χ0n) is 18.8. The highest BCUT2D eigenvalue weighted by Crippen LogP contribution is 2.40. The molecule has 0 aliphatic rings. The van der Waals surface area contributed by atoms with Crippen LogP contribution in [0.5, 0.6) is 0 Å². The van der Waals surface area contributed by atoms with Crippen molar-refractivity contribution in [3.05, 3.63) is 124 Å². The number of hydrogen-bond donors (Lipinski definition) is 0. The summed E-state index contributed by atoms with van der Waals surface area (Å²) in [6.07, 6.45) is -1.68. The van der Waals surface area contributed by atoms with Crippen LogP contribution in [0.3, 0.4) is 0 Å². The number of aryl methyl sites for hydroxylation is 4. The molecular weight excluding hydrogens is 398 g/mol. The normalized spacial score (nSPS) is 10.8. The summed E-state index contributed by atoms with van der Waals surface area (Å²) in [7, 11) is 0. The highest BCUT2D eigenvalue weighted by molar-refractivity contribution is 5.94. The molecule has 160 valence electrons. The maximum atomic E-state index is 14.7. The highest BCUT2D eigenvalue weighted by Gasteiger charge is 2.21. The molecule has 0 fully saturated rings. The molecule has 0 unspecified atom stereocenters. The Morgan fingerprint density at radius 3 is 1.16 bits per heavy atom. The maximum absolute atomic E-state index is 14.7. The van der Waals surface area contributed by atoms with Crippen molar-refractivity contribution < 1.29 is 8.78 Å². The van der Waals surface area contributed by atoms with E-state index in [4.69, 9.17) is 0 Å². The fourth-order valence-corrected chi connectivity index (χ4v) is 4.05. The minimum absolute atomic E-state index is 0.0106. The Hall–Kier alpha value is -3.52. The summed E-state index contributed by atoms with van der Waals surface area (Å²) in [5.74, 6) is 0. The Morgan fingerprint density at radius 2 is 0.812 bits per heavy atom. The first-order chi connectivity index (χ1) is 15.3. The molecule has 0 saturated carbocycles. The molecule has 0 aliphatic carbocycles. The van der Waals surface area contributed by atoms with Crippen molar-refractivity contribution in [1.29, 1.82) is 0 Å². The smallest absolute Gasteiger partial charge is 0.173 e.